The molecule has 4 rings (SSSR count). The Morgan fingerprint density at radius 1 is 0.933 bits per heavy atom. The van der Waals surface area contributed by atoms with Gasteiger partial charge in [-0.05, 0) is 55.9 Å². The van der Waals surface area contributed by atoms with Crippen LogP contribution in [-0.2, 0) is 26.0 Å². The second kappa shape index (κ2) is 8.20. The van der Waals surface area contributed by atoms with E-state index in [0.29, 0.717) is 30.4 Å². The van der Waals surface area contributed by atoms with Gasteiger partial charge in [0.1, 0.15) is 5.92 Å². The molecule has 7 nitrogen and oxygen atoms in total. The molecule has 2 aromatic rings. The van der Waals surface area contributed by atoms with Crippen molar-refractivity contribution in [1.29, 1.82) is 0 Å². The third-order valence-corrected chi connectivity index (χ3v) is 7.77. The zero-order valence-corrected chi connectivity index (χ0v) is 17.6. The fraction of sp³-hybridized carbons (Fsp3) is 0.364. The van der Waals surface area contributed by atoms with Gasteiger partial charge in [0.15, 0.2) is 0 Å². The van der Waals surface area contributed by atoms with Crippen LogP contribution in [-0.4, -0.2) is 37.6 Å². The highest BCUT2D eigenvalue weighted by molar-refractivity contribution is 7.89. The molecule has 0 saturated carbocycles. The van der Waals surface area contributed by atoms with Gasteiger partial charge in [0.05, 0.1) is 16.3 Å². The molecule has 8 heteroatoms. The van der Waals surface area contributed by atoms with Crippen LogP contribution in [0.25, 0.3) is 0 Å². The van der Waals surface area contributed by atoms with E-state index < -0.39 is 27.8 Å². The van der Waals surface area contributed by atoms with Crippen molar-refractivity contribution in [2.45, 2.75) is 31.1 Å². The first-order valence-corrected chi connectivity index (χ1v) is 11.6. The number of benzene rings is 2. The highest BCUT2D eigenvalue weighted by atomic mass is 32.2. The number of nitrogens with zero attached hydrogens (tertiary/aromatic N) is 1. The molecular weight excluding hydrogens is 402 g/mol. The lowest BCUT2D eigenvalue weighted by atomic mass is 9.91. The average Bonchev–Trinajstić information content (AvgIpc) is 2.85. The van der Waals surface area contributed by atoms with Crippen molar-refractivity contribution in [1.82, 2.24) is 4.31 Å². The van der Waals surface area contributed by atoms with Gasteiger partial charge >= 0.3 is 0 Å². The third-order valence-electron chi connectivity index (χ3n) is 5.87. The standard InChI is InChI=1S/C22H25N3O4S/c1-15-21(26)23-19-8-7-18(14-20(19)24-22(15)27)30(28,29)25-11-9-17(10-12-25)13-16-5-3-2-4-6-16/h2-8,14-15,17H,9-13H2,1H3,(H,23,26)(H,24,27). The summed E-state index contributed by atoms with van der Waals surface area (Å²) in [5, 5.41) is 5.31. The summed E-state index contributed by atoms with van der Waals surface area (Å²) in [6.45, 7) is 2.45. The Labute approximate surface area is 176 Å². The van der Waals surface area contributed by atoms with Gasteiger partial charge in [-0.15, -0.1) is 0 Å². The molecule has 0 spiro atoms. The van der Waals surface area contributed by atoms with E-state index in [0.717, 1.165) is 19.3 Å². The van der Waals surface area contributed by atoms with E-state index in [1.165, 1.54) is 35.0 Å². The molecule has 2 aliphatic rings. The van der Waals surface area contributed by atoms with Gasteiger partial charge in [-0.25, -0.2) is 8.42 Å². The monoisotopic (exact) mass is 427 g/mol. The van der Waals surface area contributed by atoms with E-state index in [1.54, 1.807) is 0 Å². The summed E-state index contributed by atoms with van der Waals surface area (Å²) in [6.07, 6.45) is 2.57. The first kappa shape index (κ1) is 20.6. The fourth-order valence-electron chi connectivity index (χ4n) is 3.95. The van der Waals surface area contributed by atoms with Crippen LogP contribution >= 0.6 is 0 Å². The Hall–Kier alpha value is -2.71. The van der Waals surface area contributed by atoms with Crippen molar-refractivity contribution in [3.8, 4) is 0 Å². The molecule has 2 heterocycles. The van der Waals surface area contributed by atoms with Crippen molar-refractivity contribution >= 4 is 33.2 Å². The zero-order chi connectivity index (χ0) is 21.3. The highest BCUT2D eigenvalue weighted by Crippen LogP contribution is 2.32. The maximum Gasteiger partial charge on any atom is 0.243 e. The number of piperidine rings is 1. The number of hydrogen-bond donors (Lipinski definition) is 2. The molecule has 0 aromatic heterocycles. The topological polar surface area (TPSA) is 95.6 Å². The number of rotatable bonds is 4. The minimum absolute atomic E-state index is 0.117. The Kier molecular flexibility index (Phi) is 5.62. The molecule has 30 heavy (non-hydrogen) atoms. The van der Waals surface area contributed by atoms with Crippen molar-refractivity contribution in [3.63, 3.8) is 0 Å². The van der Waals surface area contributed by atoms with Crippen LogP contribution in [0, 0.1) is 11.8 Å². The molecule has 2 amide bonds. The predicted molar refractivity (Wildman–Crippen MR) is 114 cm³/mol. The Balaban J connectivity index is 1.48. The van der Waals surface area contributed by atoms with Gasteiger partial charge in [0.25, 0.3) is 0 Å². The van der Waals surface area contributed by atoms with E-state index in [2.05, 4.69) is 22.8 Å². The number of carbonyl (C=O) groups is 2. The van der Waals surface area contributed by atoms with E-state index in [-0.39, 0.29) is 4.90 Å². The normalized spacial score (nSPS) is 20.8. The molecule has 0 aliphatic carbocycles. The molecule has 1 saturated heterocycles. The van der Waals surface area contributed by atoms with Crippen molar-refractivity contribution < 1.29 is 18.0 Å². The molecule has 2 aliphatic heterocycles. The molecule has 158 valence electrons. The first-order valence-electron chi connectivity index (χ1n) is 10.1. The Morgan fingerprint density at radius 3 is 2.23 bits per heavy atom. The van der Waals surface area contributed by atoms with Crippen LogP contribution in [0.2, 0.25) is 0 Å². The number of amides is 2. The molecular formula is C22H25N3O4S. The van der Waals surface area contributed by atoms with Crippen LogP contribution in [0.3, 0.4) is 0 Å². The third kappa shape index (κ3) is 4.11. The lowest BCUT2D eigenvalue weighted by Gasteiger charge is -2.31. The van der Waals surface area contributed by atoms with Crippen molar-refractivity contribution in [2.24, 2.45) is 11.8 Å². The Bertz CT molecular complexity index is 1060. The van der Waals surface area contributed by atoms with Gasteiger partial charge in [-0.3, -0.25) is 9.59 Å². The maximum absolute atomic E-state index is 13.2. The van der Waals surface area contributed by atoms with Gasteiger partial charge < -0.3 is 10.6 Å². The number of nitrogens with one attached hydrogen (secondary N) is 2. The van der Waals surface area contributed by atoms with Gasteiger partial charge in [0.2, 0.25) is 21.8 Å². The van der Waals surface area contributed by atoms with Gasteiger partial charge in [-0.1, -0.05) is 30.3 Å². The summed E-state index contributed by atoms with van der Waals surface area (Å²) in [5.74, 6) is -1.26. The lowest BCUT2D eigenvalue weighted by molar-refractivity contribution is -0.128. The number of fused-ring (bicyclic) bond motifs is 1. The molecule has 2 aromatic carbocycles. The fourth-order valence-corrected chi connectivity index (χ4v) is 5.44. The van der Waals surface area contributed by atoms with Crippen LogP contribution in [0.4, 0.5) is 11.4 Å². The molecule has 1 unspecified atom stereocenters. The average molecular weight is 428 g/mol. The second-order valence-corrected chi connectivity index (χ2v) is 9.88. The van der Waals surface area contributed by atoms with E-state index in [9.17, 15) is 18.0 Å². The van der Waals surface area contributed by atoms with Crippen LogP contribution in [0.1, 0.15) is 25.3 Å². The summed E-state index contributed by atoms with van der Waals surface area (Å²) >= 11 is 0. The second-order valence-electron chi connectivity index (χ2n) is 7.94. The largest absolute Gasteiger partial charge is 0.324 e. The summed E-state index contributed by atoms with van der Waals surface area (Å²) in [6, 6.07) is 14.7. The number of hydrogen-bond acceptors (Lipinski definition) is 4. The molecule has 1 fully saturated rings. The minimum atomic E-state index is -3.68. The summed E-state index contributed by atoms with van der Waals surface area (Å²) in [7, 11) is -3.68. The molecule has 0 radical (unpaired) electrons. The SMILES string of the molecule is CC1C(=O)Nc2ccc(S(=O)(=O)N3CCC(Cc4ccccc4)CC3)cc2NC1=O. The maximum atomic E-state index is 13.2. The predicted octanol–water partition coefficient (Wildman–Crippen LogP) is 2.86. The summed E-state index contributed by atoms with van der Waals surface area (Å²) in [4.78, 5) is 24.2. The Morgan fingerprint density at radius 2 is 1.57 bits per heavy atom. The van der Waals surface area contributed by atoms with Gasteiger partial charge in [0, 0.05) is 13.1 Å². The quantitative estimate of drug-likeness (QED) is 0.734. The van der Waals surface area contributed by atoms with Crippen molar-refractivity contribution in [3.05, 3.63) is 54.1 Å². The minimum Gasteiger partial charge on any atom is -0.324 e. The van der Waals surface area contributed by atoms with Crippen molar-refractivity contribution in [2.75, 3.05) is 23.7 Å². The highest BCUT2D eigenvalue weighted by Gasteiger charge is 2.32. The molecule has 2 N–H and O–H groups in total. The number of sulfonamides is 1. The smallest absolute Gasteiger partial charge is 0.243 e. The van der Waals surface area contributed by atoms with Crippen LogP contribution in [0.15, 0.2) is 53.4 Å². The van der Waals surface area contributed by atoms with E-state index >= 15 is 0 Å². The van der Waals surface area contributed by atoms with Gasteiger partial charge in [-0.2, -0.15) is 4.31 Å². The van der Waals surface area contributed by atoms with E-state index in [1.807, 2.05) is 18.2 Å². The molecule has 1 atom stereocenters. The lowest BCUT2D eigenvalue weighted by Crippen LogP contribution is -2.38. The first-order chi connectivity index (χ1) is 14.3. The van der Waals surface area contributed by atoms with E-state index in [4.69, 9.17) is 0 Å². The van der Waals surface area contributed by atoms with Crippen LogP contribution in [0.5, 0.6) is 0 Å². The summed E-state index contributed by atoms with van der Waals surface area (Å²) < 4.78 is 27.8. The van der Waals surface area contributed by atoms with Crippen LogP contribution < -0.4 is 10.6 Å². The number of carbonyl (C=O) groups excluding carboxylic acids is 2. The number of anilines is 2. The molecule has 0 bridgehead atoms. The zero-order valence-electron chi connectivity index (χ0n) is 16.8. The summed E-state index contributed by atoms with van der Waals surface area (Å²) in [5.41, 5.74) is 1.98.